The summed E-state index contributed by atoms with van der Waals surface area (Å²) in [5, 5.41) is 9.36. The fraction of sp³-hybridized carbons (Fsp3) is 0.500. The Morgan fingerprint density at radius 3 is 2.90 bits per heavy atom. The maximum Gasteiger partial charge on any atom is 0.335 e. The number of carboxylic acids is 1. The van der Waals surface area contributed by atoms with E-state index < -0.39 is 18.1 Å². The van der Waals surface area contributed by atoms with Gasteiger partial charge in [0.1, 0.15) is 6.61 Å². The van der Waals surface area contributed by atoms with Gasteiger partial charge in [0.05, 0.1) is 6.04 Å². The van der Waals surface area contributed by atoms with E-state index in [9.17, 15) is 14.7 Å². The lowest BCUT2D eigenvalue weighted by Gasteiger charge is -2.39. The minimum absolute atomic E-state index is 0.205. The van der Waals surface area contributed by atoms with Crippen molar-refractivity contribution in [2.75, 3.05) is 33.8 Å². The maximum absolute atomic E-state index is 12.1. The Hall–Kier alpha value is -1.99. The van der Waals surface area contributed by atoms with Crippen LogP contribution in [0.15, 0.2) is 24.5 Å². The molecule has 1 fully saturated rings. The summed E-state index contributed by atoms with van der Waals surface area (Å²) in [4.78, 5) is 31.1. The van der Waals surface area contributed by atoms with Crippen LogP contribution in [0.2, 0.25) is 0 Å². The van der Waals surface area contributed by atoms with Crippen molar-refractivity contribution >= 4 is 11.9 Å². The molecule has 1 aliphatic heterocycles. The van der Waals surface area contributed by atoms with Gasteiger partial charge < -0.3 is 19.6 Å². The lowest BCUT2D eigenvalue weighted by Crippen LogP contribution is -2.53. The first-order valence-electron chi connectivity index (χ1n) is 6.69. The van der Waals surface area contributed by atoms with Crippen molar-refractivity contribution in [2.24, 2.45) is 0 Å². The highest BCUT2D eigenvalue weighted by Crippen LogP contribution is 2.29. The molecule has 1 saturated heterocycles. The third-order valence-electron chi connectivity index (χ3n) is 3.39. The van der Waals surface area contributed by atoms with Gasteiger partial charge in [-0.1, -0.05) is 6.07 Å². The molecule has 0 aliphatic carbocycles. The SMILES string of the molecule is CN(C)CCN1C(=O)COC(C(=O)O)C1c1cccnc1. The van der Waals surface area contributed by atoms with Gasteiger partial charge in [-0.3, -0.25) is 9.78 Å². The van der Waals surface area contributed by atoms with Gasteiger partial charge in [-0.2, -0.15) is 0 Å². The number of ether oxygens (including phenoxy) is 1. The zero-order chi connectivity index (χ0) is 15.4. The summed E-state index contributed by atoms with van der Waals surface area (Å²) >= 11 is 0. The fourth-order valence-corrected chi connectivity index (χ4v) is 2.34. The van der Waals surface area contributed by atoms with E-state index in [2.05, 4.69) is 4.98 Å². The van der Waals surface area contributed by atoms with Gasteiger partial charge in [-0.15, -0.1) is 0 Å². The molecule has 0 saturated carbocycles. The van der Waals surface area contributed by atoms with Gasteiger partial charge in [0.15, 0.2) is 6.10 Å². The van der Waals surface area contributed by atoms with Gasteiger partial charge in [0.2, 0.25) is 5.91 Å². The van der Waals surface area contributed by atoms with Crippen LogP contribution in [0.3, 0.4) is 0 Å². The quantitative estimate of drug-likeness (QED) is 0.822. The topological polar surface area (TPSA) is 83.0 Å². The monoisotopic (exact) mass is 293 g/mol. The molecular formula is C14H19N3O4. The van der Waals surface area contributed by atoms with E-state index in [-0.39, 0.29) is 12.5 Å². The zero-order valence-corrected chi connectivity index (χ0v) is 12.1. The highest BCUT2D eigenvalue weighted by molar-refractivity contribution is 5.83. The molecule has 0 radical (unpaired) electrons. The third-order valence-corrected chi connectivity index (χ3v) is 3.39. The van der Waals surface area contributed by atoms with Crippen LogP contribution >= 0.6 is 0 Å². The molecule has 0 bridgehead atoms. The number of carbonyl (C=O) groups excluding carboxylic acids is 1. The van der Waals surface area contributed by atoms with Crippen LogP contribution in [0.4, 0.5) is 0 Å². The fourth-order valence-electron chi connectivity index (χ4n) is 2.34. The molecule has 1 N–H and O–H groups in total. The molecular weight excluding hydrogens is 274 g/mol. The number of rotatable bonds is 5. The second-order valence-corrected chi connectivity index (χ2v) is 5.19. The van der Waals surface area contributed by atoms with Crippen molar-refractivity contribution in [2.45, 2.75) is 12.1 Å². The van der Waals surface area contributed by atoms with E-state index in [1.807, 2.05) is 19.0 Å². The van der Waals surface area contributed by atoms with Crippen LogP contribution in [0.5, 0.6) is 0 Å². The van der Waals surface area contributed by atoms with Crippen LogP contribution in [-0.2, 0) is 14.3 Å². The van der Waals surface area contributed by atoms with Crippen molar-refractivity contribution in [1.29, 1.82) is 0 Å². The smallest absolute Gasteiger partial charge is 0.335 e. The van der Waals surface area contributed by atoms with Crippen LogP contribution < -0.4 is 0 Å². The van der Waals surface area contributed by atoms with E-state index in [1.165, 1.54) is 0 Å². The molecule has 1 amide bonds. The van der Waals surface area contributed by atoms with E-state index >= 15 is 0 Å². The first-order valence-corrected chi connectivity index (χ1v) is 6.69. The van der Waals surface area contributed by atoms with Crippen LogP contribution in [0.25, 0.3) is 0 Å². The number of aromatic nitrogens is 1. The molecule has 7 nitrogen and oxygen atoms in total. The number of hydrogen-bond acceptors (Lipinski definition) is 5. The minimum Gasteiger partial charge on any atom is -0.479 e. The summed E-state index contributed by atoms with van der Waals surface area (Å²) in [5.74, 6) is -1.28. The molecule has 114 valence electrons. The van der Waals surface area contributed by atoms with Gasteiger partial charge in [-0.25, -0.2) is 4.79 Å². The zero-order valence-electron chi connectivity index (χ0n) is 12.1. The van der Waals surface area contributed by atoms with Gasteiger partial charge in [-0.05, 0) is 25.7 Å². The van der Waals surface area contributed by atoms with Crippen molar-refractivity contribution < 1.29 is 19.4 Å². The molecule has 2 atom stereocenters. The number of morpholine rings is 1. The van der Waals surface area contributed by atoms with Crippen LogP contribution in [0, 0.1) is 0 Å². The Bertz CT molecular complexity index is 506. The average molecular weight is 293 g/mol. The molecule has 7 heteroatoms. The van der Waals surface area contributed by atoms with E-state index in [0.29, 0.717) is 18.7 Å². The van der Waals surface area contributed by atoms with Crippen molar-refractivity contribution in [3.8, 4) is 0 Å². The van der Waals surface area contributed by atoms with Crippen LogP contribution in [0.1, 0.15) is 11.6 Å². The predicted molar refractivity (Wildman–Crippen MR) is 74.6 cm³/mol. The lowest BCUT2D eigenvalue weighted by atomic mass is 9.99. The Kier molecular flexibility index (Phi) is 4.87. The molecule has 21 heavy (non-hydrogen) atoms. The number of likely N-dealkylation sites (N-methyl/N-ethyl adjacent to an activating group) is 1. The maximum atomic E-state index is 12.1. The highest BCUT2D eigenvalue weighted by atomic mass is 16.5. The molecule has 2 unspecified atom stereocenters. The first-order chi connectivity index (χ1) is 10.0. The van der Waals surface area contributed by atoms with Crippen molar-refractivity contribution in [3.05, 3.63) is 30.1 Å². The summed E-state index contributed by atoms with van der Waals surface area (Å²) in [6.45, 7) is 0.883. The van der Waals surface area contributed by atoms with Gasteiger partial charge >= 0.3 is 5.97 Å². The average Bonchev–Trinajstić information content (AvgIpc) is 2.46. The number of aliphatic carboxylic acids is 1. The molecule has 0 aromatic carbocycles. The third kappa shape index (κ3) is 3.56. The Morgan fingerprint density at radius 1 is 1.57 bits per heavy atom. The molecule has 1 aromatic rings. The van der Waals surface area contributed by atoms with Crippen LogP contribution in [-0.4, -0.2) is 71.7 Å². The molecule has 1 aliphatic rings. The second-order valence-electron chi connectivity index (χ2n) is 5.19. The lowest BCUT2D eigenvalue weighted by molar-refractivity contribution is -0.173. The number of nitrogens with zero attached hydrogens (tertiary/aromatic N) is 3. The predicted octanol–water partition coefficient (Wildman–Crippen LogP) is -0.00370. The van der Waals surface area contributed by atoms with E-state index in [4.69, 9.17) is 4.74 Å². The standard InChI is InChI=1S/C14H19N3O4/c1-16(2)6-7-17-11(18)9-21-13(14(19)20)12(17)10-4-3-5-15-8-10/h3-5,8,12-13H,6-7,9H2,1-2H3,(H,19,20). The molecule has 2 rings (SSSR count). The number of hydrogen-bond donors (Lipinski definition) is 1. The second kappa shape index (κ2) is 6.64. The molecule has 1 aromatic heterocycles. The number of pyridine rings is 1. The summed E-state index contributed by atoms with van der Waals surface area (Å²) < 4.78 is 5.22. The highest BCUT2D eigenvalue weighted by Gasteiger charge is 2.41. The summed E-state index contributed by atoms with van der Waals surface area (Å²) in [7, 11) is 3.80. The molecule has 0 spiro atoms. The van der Waals surface area contributed by atoms with E-state index in [0.717, 1.165) is 0 Å². The summed E-state index contributed by atoms with van der Waals surface area (Å²) in [6, 6.07) is 2.83. The molecule has 2 heterocycles. The summed E-state index contributed by atoms with van der Waals surface area (Å²) in [6.07, 6.45) is 2.11. The van der Waals surface area contributed by atoms with E-state index in [1.54, 1.807) is 29.4 Å². The Labute approximate surface area is 123 Å². The largest absolute Gasteiger partial charge is 0.479 e. The Morgan fingerprint density at radius 2 is 2.33 bits per heavy atom. The first kappa shape index (κ1) is 15.4. The van der Waals surface area contributed by atoms with Crippen molar-refractivity contribution in [3.63, 3.8) is 0 Å². The number of carboxylic acid groups (broad SMARTS) is 1. The number of amides is 1. The van der Waals surface area contributed by atoms with Gasteiger partial charge in [0, 0.05) is 25.5 Å². The van der Waals surface area contributed by atoms with Gasteiger partial charge in [0.25, 0.3) is 0 Å². The summed E-state index contributed by atoms with van der Waals surface area (Å²) in [5.41, 5.74) is 0.664. The number of carbonyl (C=O) groups is 2. The van der Waals surface area contributed by atoms with Crippen molar-refractivity contribution in [1.82, 2.24) is 14.8 Å². The Balaban J connectivity index is 2.32. The normalized spacial score (nSPS) is 22.6. The minimum atomic E-state index is -1.08.